The number of anilines is 1. The highest BCUT2D eigenvalue weighted by Gasteiger charge is 2.13. The van der Waals surface area contributed by atoms with Gasteiger partial charge < -0.3 is 15.4 Å². The zero-order valence-corrected chi connectivity index (χ0v) is 10.7. The molecule has 0 spiro atoms. The Morgan fingerprint density at radius 3 is 2.85 bits per heavy atom. The van der Waals surface area contributed by atoms with Crippen LogP contribution in [0.25, 0.3) is 22.8 Å². The second-order valence-electron chi connectivity index (χ2n) is 4.39. The van der Waals surface area contributed by atoms with Crippen LogP contribution < -0.4 is 5.73 Å². The lowest BCUT2D eigenvalue weighted by atomic mass is 10.1. The number of benzene rings is 1. The van der Waals surface area contributed by atoms with Gasteiger partial charge in [-0.1, -0.05) is 5.16 Å². The fraction of sp³-hybridized carbons (Fsp3) is 0.0714. The molecule has 3 N–H and O–H groups in total. The standard InChI is InChI=1S/C14H12N4O2/c1-8-7-16-5-4-10(8)13-17-14(20-18-13)9-2-3-12(19)11(15)6-9/h2-7,19H,15H2,1H3. The summed E-state index contributed by atoms with van der Waals surface area (Å²) in [5.74, 6) is 0.868. The molecule has 0 aliphatic carbocycles. The van der Waals surface area contributed by atoms with E-state index in [1.54, 1.807) is 24.5 Å². The summed E-state index contributed by atoms with van der Waals surface area (Å²) in [7, 11) is 0. The second kappa shape index (κ2) is 4.65. The summed E-state index contributed by atoms with van der Waals surface area (Å²) in [4.78, 5) is 8.37. The fourth-order valence-corrected chi connectivity index (χ4v) is 1.86. The van der Waals surface area contributed by atoms with Gasteiger partial charge in [0.05, 0.1) is 5.69 Å². The molecule has 2 aromatic heterocycles. The number of aryl methyl sites for hydroxylation is 1. The average Bonchev–Trinajstić information content (AvgIpc) is 2.92. The van der Waals surface area contributed by atoms with Crippen LogP contribution >= 0.6 is 0 Å². The molecule has 0 aliphatic heterocycles. The van der Waals surface area contributed by atoms with E-state index >= 15 is 0 Å². The van der Waals surface area contributed by atoms with E-state index in [9.17, 15) is 5.11 Å². The topological polar surface area (TPSA) is 98.1 Å². The van der Waals surface area contributed by atoms with Crippen molar-refractivity contribution in [1.29, 1.82) is 0 Å². The van der Waals surface area contributed by atoms with Crippen molar-refractivity contribution in [3.63, 3.8) is 0 Å². The minimum absolute atomic E-state index is 0.0264. The number of pyridine rings is 1. The average molecular weight is 268 g/mol. The van der Waals surface area contributed by atoms with Crippen molar-refractivity contribution >= 4 is 5.69 Å². The van der Waals surface area contributed by atoms with Crippen LogP contribution in [0.4, 0.5) is 5.69 Å². The number of nitrogens with two attached hydrogens (primary N) is 1. The summed E-state index contributed by atoms with van der Waals surface area (Å²) in [6.07, 6.45) is 3.42. The number of aromatic nitrogens is 3. The number of aromatic hydroxyl groups is 1. The number of phenols is 1. The van der Waals surface area contributed by atoms with Crippen LogP contribution in [0.5, 0.6) is 5.75 Å². The van der Waals surface area contributed by atoms with Gasteiger partial charge in [0.1, 0.15) is 5.75 Å². The minimum Gasteiger partial charge on any atom is -0.506 e. The van der Waals surface area contributed by atoms with E-state index in [0.717, 1.165) is 11.1 Å². The first kappa shape index (κ1) is 12.2. The molecule has 2 heterocycles. The third-order valence-electron chi connectivity index (χ3n) is 2.96. The molecule has 3 aromatic rings. The summed E-state index contributed by atoms with van der Waals surface area (Å²) < 4.78 is 5.24. The van der Waals surface area contributed by atoms with Crippen molar-refractivity contribution < 1.29 is 9.63 Å². The maximum absolute atomic E-state index is 9.41. The number of hydrogen-bond acceptors (Lipinski definition) is 6. The van der Waals surface area contributed by atoms with Crippen LogP contribution in [0, 0.1) is 6.92 Å². The van der Waals surface area contributed by atoms with Gasteiger partial charge in [-0.2, -0.15) is 4.98 Å². The molecule has 6 heteroatoms. The van der Waals surface area contributed by atoms with Crippen molar-refractivity contribution in [2.75, 3.05) is 5.73 Å². The fourth-order valence-electron chi connectivity index (χ4n) is 1.86. The molecule has 0 unspecified atom stereocenters. The van der Waals surface area contributed by atoms with Crippen molar-refractivity contribution in [3.05, 3.63) is 42.2 Å². The summed E-state index contributed by atoms with van der Waals surface area (Å²) in [6, 6.07) is 6.58. The normalized spacial score (nSPS) is 10.7. The Balaban J connectivity index is 2.02. The Hall–Kier alpha value is -2.89. The zero-order valence-electron chi connectivity index (χ0n) is 10.7. The number of nitrogen functional groups attached to an aromatic ring is 1. The first-order valence-corrected chi connectivity index (χ1v) is 5.98. The molecule has 3 rings (SSSR count). The third kappa shape index (κ3) is 2.07. The van der Waals surface area contributed by atoms with Crippen molar-refractivity contribution in [2.24, 2.45) is 0 Å². The monoisotopic (exact) mass is 268 g/mol. The number of nitrogens with zero attached hydrogens (tertiary/aromatic N) is 3. The van der Waals surface area contributed by atoms with Crippen LogP contribution in [-0.2, 0) is 0 Å². The Kier molecular flexibility index (Phi) is 2.83. The van der Waals surface area contributed by atoms with Gasteiger partial charge in [0.25, 0.3) is 5.89 Å². The summed E-state index contributed by atoms with van der Waals surface area (Å²) in [6.45, 7) is 1.93. The van der Waals surface area contributed by atoms with Crippen molar-refractivity contribution in [1.82, 2.24) is 15.1 Å². The lowest BCUT2D eigenvalue weighted by molar-refractivity contribution is 0.432. The van der Waals surface area contributed by atoms with Gasteiger partial charge in [-0.25, -0.2) is 0 Å². The highest BCUT2D eigenvalue weighted by atomic mass is 16.5. The van der Waals surface area contributed by atoms with E-state index in [1.165, 1.54) is 6.07 Å². The Bertz CT molecular complexity index is 767. The summed E-state index contributed by atoms with van der Waals surface area (Å²) in [5, 5.41) is 13.4. The van der Waals surface area contributed by atoms with Crippen LogP contribution in [0.2, 0.25) is 0 Å². The molecule has 0 atom stereocenters. The van der Waals surface area contributed by atoms with E-state index in [1.807, 2.05) is 13.0 Å². The van der Waals surface area contributed by atoms with Crippen LogP contribution in [-0.4, -0.2) is 20.2 Å². The molecule has 0 saturated heterocycles. The molecular formula is C14H12N4O2. The molecule has 0 aliphatic rings. The maximum Gasteiger partial charge on any atom is 0.258 e. The van der Waals surface area contributed by atoms with Gasteiger partial charge in [0.15, 0.2) is 0 Å². The zero-order chi connectivity index (χ0) is 14.1. The Morgan fingerprint density at radius 2 is 2.10 bits per heavy atom. The molecule has 100 valence electrons. The molecule has 0 amide bonds. The van der Waals surface area contributed by atoms with Crippen molar-refractivity contribution in [3.8, 4) is 28.6 Å². The predicted octanol–water partition coefficient (Wildman–Crippen LogP) is 2.39. The smallest absolute Gasteiger partial charge is 0.258 e. The molecule has 0 fully saturated rings. The second-order valence-corrected chi connectivity index (χ2v) is 4.39. The number of phenolic OH excluding ortho intramolecular Hbond substituents is 1. The summed E-state index contributed by atoms with van der Waals surface area (Å²) in [5.41, 5.74) is 8.40. The van der Waals surface area contributed by atoms with Crippen LogP contribution in [0.3, 0.4) is 0 Å². The highest BCUT2D eigenvalue weighted by Crippen LogP contribution is 2.28. The van der Waals surface area contributed by atoms with E-state index in [-0.39, 0.29) is 11.4 Å². The quantitative estimate of drug-likeness (QED) is 0.547. The largest absolute Gasteiger partial charge is 0.506 e. The van der Waals surface area contributed by atoms with Gasteiger partial charge in [0.2, 0.25) is 5.82 Å². The third-order valence-corrected chi connectivity index (χ3v) is 2.96. The van der Waals surface area contributed by atoms with Crippen LogP contribution in [0.1, 0.15) is 5.56 Å². The van der Waals surface area contributed by atoms with Gasteiger partial charge in [-0.05, 0) is 36.8 Å². The number of hydrogen-bond donors (Lipinski definition) is 2. The van der Waals surface area contributed by atoms with Gasteiger partial charge >= 0.3 is 0 Å². The molecule has 0 radical (unpaired) electrons. The summed E-state index contributed by atoms with van der Waals surface area (Å²) >= 11 is 0. The van der Waals surface area contributed by atoms with E-state index in [0.29, 0.717) is 17.3 Å². The molecular weight excluding hydrogens is 256 g/mol. The molecule has 20 heavy (non-hydrogen) atoms. The van der Waals surface area contributed by atoms with Gasteiger partial charge in [-0.3, -0.25) is 4.98 Å². The van der Waals surface area contributed by atoms with E-state index < -0.39 is 0 Å². The van der Waals surface area contributed by atoms with Crippen LogP contribution in [0.15, 0.2) is 41.2 Å². The predicted molar refractivity (Wildman–Crippen MR) is 73.8 cm³/mol. The SMILES string of the molecule is Cc1cnccc1-c1noc(-c2ccc(O)c(N)c2)n1. The Labute approximate surface area is 114 Å². The lowest BCUT2D eigenvalue weighted by Gasteiger charge is -1.99. The molecule has 6 nitrogen and oxygen atoms in total. The first-order valence-electron chi connectivity index (χ1n) is 5.98. The molecule has 0 bridgehead atoms. The maximum atomic E-state index is 9.41. The molecule has 1 aromatic carbocycles. The van der Waals surface area contributed by atoms with Crippen molar-refractivity contribution in [2.45, 2.75) is 6.92 Å². The number of rotatable bonds is 2. The Morgan fingerprint density at radius 1 is 1.25 bits per heavy atom. The molecule has 0 saturated carbocycles. The first-order chi connectivity index (χ1) is 9.65. The van der Waals surface area contributed by atoms with E-state index in [4.69, 9.17) is 10.3 Å². The lowest BCUT2D eigenvalue weighted by Crippen LogP contribution is -1.88. The van der Waals surface area contributed by atoms with Gasteiger partial charge in [0, 0.05) is 23.5 Å². The van der Waals surface area contributed by atoms with E-state index in [2.05, 4.69) is 15.1 Å². The van der Waals surface area contributed by atoms with Gasteiger partial charge in [-0.15, -0.1) is 0 Å². The highest BCUT2D eigenvalue weighted by molar-refractivity contribution is 5.67. The minimum atomic E-state index is 0.0264.